The Balaban J connectivity index is 1.88. The molecular weight excluding hydrogens is 306 g/mol. The molecule has 0 saturated carbocycles. The SMILES string of the molecule is O=C1NNC(SCc2ccc(Br)cc2)C(=O)N1. The Morgan fingerprint density at radius 1 is 1.24 bits per heavy atom. The Bertz CT molecular complexity index is 438. The van der Waals surface area contributed by atoms with Crippen LogP contribution in [0.15, 0.2) is 28.7 Å². The number of benzene rings is 1. The van der Waals surface area contributed by atoms with E-state index in [9.17, 15) is 9.59 Å². The van der Waals surface area contributed by atoms with E-state index in [1.54, 1.807) is 0 Å². The lowest BCUT2D eigenvalue weighted by Gasteiger charge is -2.22. The third-order valence-corrected chi connectivity index (χ3v) is 3.82. The van der Waals surface area contributed by atoms with E-state index in [4.69, 9.17) is 0 Å². The lowest BCUT2D eigenvalue weighted by atomic mass is 10.2. The predicted octanol–water partition coefficient (Wildman–Crippen LogP) is 1.35. The molecule has 0 aliphatic carbocycles. The summed E-state index contributed by atoms with van der Waals surface area (Å²) in [7, 11) is 0. The van der Waals surface area contributed by atoms with Crippen LogP contribution in [0, 0.1) is 0 Å². The Kier molecular flexibility index (Phi) is 4.03. The summed E-state index contributed by atoms with van der Waals surface area (Å²) in [6.45, 7) is 0. The van der Waals surface area contributed by atoms with Crippen LogP contribution in [0.25, 0.3) is 0 Å². The number of halogens is 1. The second-order valence-electron chi connectivity index (χ2n) is 3.41. The zero-order valence-corrected chi connectivity index (χ0v) is 11.1. The molecule has 0 aromatic heterocycles. The van der Waals surface area contributed by atoms with Gasteiger partial charge in [0.1, 0.15) is 0 Å². The van der Waals surface area contributed by atoms with E-state index in [1.807, 2.05) is 24.3 Å². The Labute approximate surface area is 111 Å². The largest absolute Gasteiger partial charge is 0.335 e. The van der Waals surface area contributed by atoms with Crippen LogP contribution in [-0.4, -0.2) is 17.3 Å². The number of hydrogen-bond donors (Lipinski definition) is 3. The molecule has 3 N–H and O–H groups in total. The number of carbonyl (C=O) groups excluding carboxylic acids is 2. The fourth-order valence-corrected chi connectivity index (χ4v) is 2.45. The summed E-state index contributed by atoms with van der Waals surface area (Å²) in [5.74, 6) is 0.365. The lowest BCUT2D eigenvalue weighted by Crippen LogP contribution is -2.61. The first-order valence-electron chi connectivity index (χ1n) is 4.87. The van der Waals surface area contributed by atoms with Gasteiger partial charge in [-0.2, -0.15) is 0 Å². The Morgan fingerprint density at radius 3 is 2.59 bits per heavy atom. The number of carbonyl (C=O) groups is 2. The van der Waals surface area contributed by atoms with Crippen molar-refractivity contribution in [1.29, 1.82) is 0 Å². The van der Waals surface area contributed by atoms with Crippen molar-refractivity contribution in [2.24, 2.45) is 0 Å². The van der Waals surface area contributed by atoms with Gasteiger partial charge in [0.25, 0.3) is 5.91 Å². The maximum absolute atomic E-state index is 11.4. The number of urea groups is 1. The van der Waals surface area contributed by atoms with E-state index < -0.39 is 11.4 Å². The number of imide groups is 1. The topological polar surface area (TPSA) is 70.2 Å². The minimum Gasteiger partial charge on any atom is -0.275 e. The first kappa shape index (κ1) is 12.4. The van der Waals surface area contributed by atoms with Crippen molar-refractivity contribution >= 4 is 39.6 Å². The van der Waals surface area contributed by atoms with E-state index >= 15 is 0 Å². The molecule has 1 atom stereocenters. The summed E-state index contributed by atoms with van der Waals surface area (Å²) in [4.78, 5) is 22.2. The van der Waals surface area contributed by atoms with Gasteiger partial charge in [-0.1, -0.05) is 28.1 Å². The van der Waals surface area contributed by atoms with Crippen LogP contribution in [-0.2, 0) is 10.5 Å². The fourth-order valence-electron chi connectivity index (χ4n) is 1.28. The summed E-state index contributed by atoms with van der Waals surface area (Å²) in [5.41, 5.74) is 6.12. The minimum atomic E-state index is -0.518. The van der Waals surface area contributed by atoms with Gasteiger partial charge in [0.05, 0.1) is 0 Å². The van der Waals surface area contributed by atoms with E-state index in [0.717, 1.165) is 10.0 Å². The summed E-state index contributed by atoms with van der Waals surface area (Å²) in [6, 6.07) is 7.35. The average molecular weight is 316 g/mol. The van der Waals surface area contributed by atoms with E-state index in [1.165, 1.54) is 11.8 Å². The highest BCUT2D eigenvalue weighted by molar-refractivity contribution is 9.10. The molecule has 2 rings (SSSR count). The molecular formula is C10H10BrN3O2S. The molecule has 7 heteroatoms. The molecule has 1 unspecified atom stereocenters. The van der Waals surface area contributed by atoms with Crippen LogP contribution in [0.1, 0.15) is 5.56 Å². The van der Waals surface area contributed by atoms with Gasteiger partial charge in [0.15, 0.2) is 5.37 Å². The summed E-state index contributed by atoms with van der Waals surface area (Å²) < 4.78 is 1.02. The van der Waals surface area contributed by atoms with E-state index in [-0.39, 0.29) is 5.91 Å². The lowest BCUT2D eigenvalue weighted by molar-refractivity contribution is -0.120. The molecule has 0 radical (unpaired) electrons. The minimum absolute atomic E-state index is 0.323. The van der Waals surface area contributed by atoms with Gasteiger partial charge in [0.2, 0.25) is 0 Å². The number of nitrogens with one attached hydrogen (secondary N) is 3. The number of rotatable bonds is 3. The molecule has 17 heavy (non-hydrogen) atoms. The molecule has 1 aliphatic rings. The maximum Gasteiger partial charge on any atom is 0.335 e. The van der Waals surface area contributed by atoms with E-state index in [0.29, 0.717) is 5.75 Å². The number of amides is 3. The average Bonchev–Trinajstić information content (AvgIpc) is 2.30. The summed E-state index contributed by atoms with van der Waals surface area (Å²) in [5, 5.41) is 1.73. The van der Waals surface area contributed by atoms with Gasteiger partial charge >= 0.3 is 6.03 Å². The predicted molar refractivity (Wildman–Crippen MR) is 69.0 cm³/mol. The number of thioether (sulfide) groups is 1. The molecule has 1 saturated heterocycles. The van der Waals surface area contributed by atoms with Crippen molar-refractivity contribution in [3.05, 3.63) is 34.3 Å². The maximum atomic E-state index is 11.4. The summed E-state index contributed by atoms with van der Waals surface area (Å²) in [6.07, 6.45) is 0. The van der Waals surface area contributed by atoms with Crippen molar-refractivity contribution in [2.45, 2.75) is 11.1 Å². The molecule has 0 spiro atoms. The number of hydrazine groups is 1. The first-order valence-corrected chi connectivity index (χ1v) is 6.72. The van der Waals surface area contributed by atoms with Crippen LogP contribution in [0.4, 0.5) is 4.79 Å². The van der Waals surface area contributed by atoms with Crippen molar-refractivity contribution in [3.63, 3.8) is 0 Å². The highest BCUT2D eigenvalue weighted by Crippen LogP contribution is 2.19. The normalized spacial score (nSPS) is 19.7. The Hall–Kier alpha value is -1.05. The van der Waals surface area contributed by atoms with Crippen molar-refractivity contribution in [2.75, 3.05) is 0 Å². The van der Waals surface area contributed by atoms with E-state index in [2.05, 4.69) is 32.1 Å². The van der Waals surface area contributed by atoms with Crippen LogP contribution >= 0.6 is 27.7 Å². The van der Waals surface area contributed by atoms with Crippen LogP contribution in [0.5, 0.6) is 0 Å². The van der Waals surface area contributed by atoms with Gasteiger partial charge in [0, 0.05) is 10.2 Å². The van der Waals surface area contributed by atoms with Gasteiger partial charge in [-0.05, 0) is 17.7 Å². The molecule has 5 nitrogen and oxygen atoms in total. The third kappa shape index (κ3) is 3.45. The smallest absolute Gasteiger partial charge is 0.275 e. The molecule has 1 fully saturated rings. The first-order chi connectivity index (χ1) is 8.15. The number of hydrogen-bond acceptors (Lipinski definition) is 4. The van der Waals surface area contributed by atoms with Crippen molar-refractivity contribution in [1.82, 2.24) is 16.2 Å². The van der Waals surface area contributed by atoms with Crippen LogP contribution < -0.4 is 16.2 Å². The summed E-state index contributed by atoms with van der Waals surface area (Å²) >= 11 is 4.77. The Morgan fingerprint density at radius 2 is 1.94 bits per heavy atom. The molecule has 1 aromatic rings. The second-order valence-corrected chi connectivity index (χ2v) is 5.41. The molecule has 90 valence electrons. The van der Waals surface area contributed by atoms with Gasteiger partial charge in [-0.25, -0.2) is 10.2 Å². The molecule has 1 heterocycles. The van der Waals surface area contributed by atoms with Gasteiger partial charge in [-0.3, -0.25) is 15.5 Å². The molecule has 0 bridgehead atoms. The quantitative estimate of drug-likeness (QED) is 0.787. The van der Waals surface area contributed by atoms with Crippen LogP contribution in [0.2, 0.25) is 0 Å². The van der Waals surface area contributed by atoms with Crippen molar-refractivity contribution in [3.8, 4) is 0 Å². The monoisotopic (exact) mass is 315 g/mol. The van der Waals surface area contributed by atoms with Gasteiger partial charge < -0.3 is 0 Å². The molecule has 3 amide bonds. The highest BCUT2D eigenvalue weighted by atomic mass is 79.9. The highest BCUT2D eigenvalue weighted by Gasteiger charge is 2.25. The second kappa shape index (κ2) is 5.52. The fraction of sp³-hybridized carbons (Fsp3) is 0.200. The molecule has 1 aliphatic heterocycles. The van der Waals surface area contributed by atoms with Gasteiger partial charge in [-0.15, -0.1) is 11.8 Å². The third-order valence-electron chi connectivity index (χ3n) is 2.12. The van der Waals surface area contributed by atoms with Crippen LogP contribution in [0.3, 0.4) is 0 Å². The zero-order chi connectivity index (χ0) is 12.3. The van der Waals surface area contributed by atoms with Crippen molar-refractivity contribution < 1.29 is 9.59 Å². The standard InChI is InChI=1S/C10H10BrN3O2S/c11-7-3-1-6(2-4-7)5-17-9-8(15)12-10(16)14-13-9/h1-4,9,13H,5H2,(H2,12,14,15,16). The zero-order valence-electron chi connectivity index (χ0n) is 8.70. The molecule has 1 aromatic carbocycles.